The Hall–Kier alpha value is -3.08. The number of nitrogens with zero attached hydrogens (tertiary/aromatic N) is 3. The maximum atomic E-state index is 14.0. The molecular formula is C26H29FN3O+. The Bertz CT molecular complexity index is 1250. The minimum atomic E-state index is -0.188. The second-order valence-corrected chi connectivity index (χ2v) is 8.40. The fourth-order valence-corrected chi connectivity index (χ4v) is 4.88. The molecule has 0 spiro atoms. The fraction of sp³-hybridized carbons (Fsp3) is 0.346. The largest absolute Gasteiger partial charge is 0.439 e. The maximum absolute atomic E-state index is 14.0. The molecule has 2 aromatic carbocycles. The van der Waals surface area contributed by atoms with E-state index in [0.717, 1.165) is 60.8 Å². The Morgan fingerprint density at radius 1 is 1.06 bits per heavy atom. The van der Waals surface area contributed by atoms with Gasteiger partial charge in [0.25, 0.3) is 5.82 Å². The number of aryl methyl sites for hydroxylation is 4. The molecule has 2 aliphatic heterocycles. The molecule has 1 aromatic heterocycles. The van der Waals surface area contributed by atoms with E-state index >= 15 is 0 Å². The van der Waals surface area contributed by atoms with Crippen molar-refractivity contribution in [2.24, 2.45) is 0 Å². The average Bonchev–Trinajstić information content (AvgIpc) is 3.26. The third-order valence-electron chi connectivity index (χ3n) is 6.55. The normalized spacial score (nSPS) is 18.0. The van der Waals surface area contributed by atoms with Gasteiger partial charge in [-0.25, -0.2) is 13.5 Å². The first-order valence-electron chi connectivity index (χ1n) is 11.2. The zero-order chi connectivity index (χ0) is 21.7. The lowest BCUT2D eigenvalue weighted by Gasteiger charge is -2.16. The quantitative estimate of drug-likeness (QED) is 0.513. The number of aromatic nitrogens is 2. The summed E-state index contributed by atoms with van der Waals surface area (Å²) >= 11 is 0. The molecule has 31 heavy (non-hydrogen) atoms. The molecule has 0 fully saturated rings. The summed E-state index contributed by atoms with van der Waals surface area (Å²) < 4.78 is 24.8. The van der Waals surface area contributed by atoms with Gasteiger partial charge in [0.15, 0.2) is 16.8 Å². The van der Waals surface area contributed by atoms with Crippen LogP contribution < -0.4 is 14.2 Å². The van der Waals surface area contributed by atoms with Crippen LogP contribution in [0.15, 0.2) is 48.4 Å². The first kappa shape index (κ1) is 19.9. The van der Waals surface area contributed by atoms with Gasteiger partial charge in [-0.1, -0.05) is 0 Å². The summed E-state index contributed by atoms with van der Waals surface area (Å²) in [6, 6.07) is 9.45. The summed E-state index contributed by atoms with van der Waals surface area (Å²) in [6.45, 7) is 11.1. The Balaban J connectivity index is 1.59. The topological polar surface area (TPSA) is 21.3 Å². The number of anilines is 1. The van der Waals surface area contributed by atoms with Crippen molar-refractivity contribution in [1.29, 1.82) is 0 Å². The highest BCUT2D eigenvalue weighted by atomic mass is 19.1. The van der Waals surface area contributed by atoms with E-state index in [1.54, 1.807) is 12.1 Å². The smallest absolute Gasteiger partial charge is 0.285 e. The number of allylic oxidation sites excluding steroid dienone is 3. The SMILES string of the molecule is CCN1C(=CC=C2CCC[n+]3c2n(CC)c2cc(F)ccc23)Oc2cc(C)c(C)cc21. The van der Waals surface area contributed by atoms with Gasteiger partial charge < -0.3 is 9.64 Å². The van der Waals surface area contributed by atoms with Gasteiger partial charge in [-0.3, -0.25) is 0 Å². The van der Waals surface area contributed by atoms with Crippen LogP contribution in [0.1, 0.15) is 43.6 Å². The molecule has 0 saturated heterocycles. The number of ether oxygens (including phenoxy) is 1. The van der Waals surface area contributed by atoms with Crippen LogP contribution in [-0.4, -0.2) is 11.1 Å². The predicted octanol–water partition coefficient (Wildman–Crippen LogP) is 5.64. The van der Waals surface area contributed by atoms with E-state index < -0.39 is 0 Å². The van der Waals surface area contributed by atoms with Crippen molar-refractivity contribution in [2.45, 2.75) is 53.6 Å². The van der Waals surface area contributed by atoms with Crippen molar-refractivity contribution < 1.29 is 13.7 Å². The molecule has 0 amide bonds. The van der Waals surface area contributed by atoms with Crippen molar-refractivity contribution in [3.63, 3.8) is 0 Å². The summed E-state index contributed by atoms with van der Waals surface area (Å²) in [4.78, 5) is 2.22. The summed E-state index contributed by atoms with van der Waals surface area (Å²) in [5, 5.41) is 0. The summed E-state index contributed by atoms with van der Waals surface area (Å²) in [5.74, 6) is 2.77. The lowest BCUT2D eigenvalue weighted by atomic mass is 10.1. The second-order valence-electron chi connectivity index (χ2n) is 8.40. The molecule has 3 heterocycles. The summed E-state index contributed by atoms with van der Waals surface area (Å²) in [5.41, 5.74) is 6.97. The number of hydrogen-bond acceptors (Lipinski definition) is 2. The number of halogens is 1. The van der Waals surface area contributed by atoms with E-state index in [9.17, 15) is 4.39 Å². The van der Waals surface area contributed by atoms with Crippen LogP contribution in [0.3, 0.4) is 0 Å². The van der Waals surface area contributed by atoms with Crippen LogP contribution >= 0.6 is 0 Å². The van der Waals surface area contributed by atoms with E-state index in [1.165, 1.54) is 22.5 Å². The molecule has 5 rings (SSSR count). The molecule has 0 radical (unpaired) electrons. The van der Waals surface area contributed by atoms with Crippen LogP contribution in [0, 0.1) is 19.7 Å². The molecule has 4 nitrogen and oxygen atoms in total. The van der Waals surface area contributed by atoms with Crippen molar-refractivity contribution in [2.75, 3.05) is 11.4 Å². The molecule has 0 bridgehead atoms. The minimum Gasteiger partial charge on any atom is -0.439 e. The van der Waals surface area contributed by atoms with E-state index in [2.05, 4.69) is 66.0 Å². The zero-order valence-corrected chi connectivity index (χ0v) is 18.7. The predicted molar refractivity (Wildman–Crippen MR) is 123 cm³/mol. The Labute approximate surface area is 182 Å². The lowest BCUT2D eigenvalue weighted by molar-refractivity contribution is -0.678. The molecule has 0 saturated carbocycles. The molecule has 5 heteroatoms. The van der Waals surface area contributed by atoms with Crippen molar-refractivity contribution in [1.82, 2.24) is 4.57 Å². The number of imidazole rings is 1. The van der Waals surface area contributed by atoms with Gasteiger partial charge in [0.05, 0.1) is 18.8 Å². The van der Waals surface area contributed by atoms with E-state index in [-0.39, 0.29) is 5.82 Å². The standard InChI is InChI=1S/C26H29FN3O/c1-5-28-23-14-17(3)18(4)15-24(23)31-25(28)12-9-19-8-7-13-30-21-11-10-20(27)16-22(21)29(6-2)26(19)30/h9-12,14-16H,5-8,13H2,1-4H3/q+1. The molecule has 2 aliphatic rings. The minimum absolute atomic E-state index is 0.188. The van der Waals surface area contributed by atoms with Crippen LogP contribution in [0.4, 0.5) is 10.1 Å². The molecule has 0 atom stereocenters. The van der Waals surface area contributed by atoms with Gasteiger partial charge in [-0.15, -0.1) is 0 Å². The summed E-state index contributed by atoms with van der Waals surface area (Å²) in [6.07, 6.45) is 6.36. The number of hydrogen-bond donors (Lipinski definition) is 0. The van der Waals surface area contributed by atoms with Crippen LogP contribution in [0.5, 0.6) is 5.75 Å². The number of benzene rings is 2. The fourth-order valence-electron chi connectivity index (χ4n) is 4.88. The van der Waals surface area contributed by atoms with E-state index in [1.807, 2.05) is 6.07 Å². The molecule has 0 aliphatic carbocycles. The molecule has 3 aromatic rings. The van der Waals surface area contributed by atoms with Gasteiger partial charge in [0, 0.05) is 18.2 Å². The number of rotatable bonds is 3. The second kappa shape index (κ2) is 7.56. The Morgan fingerprint density at radius 3 is 2.65 bits per heavy atom. The van der Waals surface area contributed by atoms with Gasteiger partial charge in [0.2, 0.25) is 5.88 Å². The van der Waals surface area contributed by atoms with Crippen LogP contribution in [0.25, 0.3) is 16.6 Å². The average molecular weight is 419 g/mol. The van der Waals surface area contributed by atoms with Crippen LogP contribution in [-0.2, 0) is 13.1 Å². The highest BCUT2D eigenvalue weighted by Crippen LogP contribution is 2.40. The highest BCUT2D eigenvalue weighted by molar-refractivity contribution is 5.77. The molecule has 160 valence electrons. The lowest BCUT2D eigenvalue weighted by Crippen LogP contribution is -2.40. The Morgan fingerprint density at radius 2 is 1.87 bits per heavy atom. The van der Waals surface area contributed by atoms with Crippen molar-refractivity contribution >= 4 is 22.3 Å². The summed E-state index contributed by atoms with van der Waals surface area (Å²) in [7, 11) is 0. The Kier molecular flexibility index (Phi) is 4.84. The van der Waals surface area contributed by atoms with Gasteiger partial charge in [-0.2, -0.15) is 0 Å². The molecule has 0 N–H and O–H groups in total. The van der Waals surface area contributed by atoms with Crippen molar-refractivity contribution in [3.8, 4) is 5.75 Å². The van der Waals surface area contributed by atoms with Crippen LogP contribution in [0.2, 0.25) is 0 Å². The van der Waals surface area contributed by atoms with E-state index in [4.69, 9.17) is 4.74 Å². The monoisotopic (exact) mass is 418 g/mol. The third kappa shape index (κ3) is 3.14. The third-order valence-corrected chi connectivity index (χ3v) is 6.55. The van der Waals surface area contributed by atoms with Gasteiger partial charge in [-0.05, 0) is 88.1 Å². The van der Waals surface area contributed by atoms with Crippen molar-refractivity contribution in [3.05, 3.63) is 71.1 Å². The van der Waals surface area contributed by atoms with Gasteiger partial charge in [0.1, 0.15) is 5.82 Å². The van der Waals surface area contributed by atoms with E-state index in [0.29, 0.717) is 0 Å². The van der Waals surface area contributed by atoms with Gasteiger partial charge >= 0.3 is 0 Å². The maximum Gasteiger partial charge on any atom is 0.285 e. The zero-order valence-electron chi connectivity index (χ0n) is 18.7. The molecule has 0 unspecified atom stereocenters. The first-order chi connectivity index (χ1) is 15.0. The number of fused-ring (bicyclic) bond motifs is 4. The molecular weight excluding hydrogens is 389 g/mol. The highest BCUT2D eigenvalue weighted by Gasteiger charge is 2.31. The first-order valence-corrected chi connectivity index (χ1v) is 11.2.